The van der Waals surface area contributed by atoms with Crippen LogP contribution in [0.15, 0.2) is 66.7 Å². The van der Waals surface area contributed by atoms with Crippen LogP contribution in [0, 0.1) is 5.82 Å². The van der Waals surface area contributed by atoms with Crippen LogP contribution in [0.3, 0.4) is 0 Å². The van der Waals surface area contributed by atoms with E-state index in [0.717, 1.165) is 22.6 Å². The van der Waals surface area contributed by atoms with Gasteiger partial charge in [-0.1, -0.05) is 6.07 Å². The van der Waals surface area contributed by atoms with E-state index in [4.69, 9.17) is 14.2 Å². The lowest BCUT2D eigenvalue weighted by molar-refractivity contribution is 0.0589. The monoisotopic (exact) mass is 463 g/mol. The van der Waals surface area contributed by atoms with E-state index in [1.54, 1.807) is 0 Å². The number of fused-ring (bicyclic) bond motifs is 1. The van der Waals surface area contributed by atoms with Crippen molar-refractivity contribution >= 4 is 5.91 Å². The molecule has 0 fully saturated rings. The summed E-state index contributed by atoms with van der Waals surface area (Å²) in [7, 11) is 0. The lowest BCUT2D eigenvalue weighted by atomic mass is 9.92. The predicted molar refractivity (Wildman–Crippen MR) is 129 cm³/mol. The molecule has 1 aliphatic rings. The molecule has 4 rings (SSSR count). The smallest absolute Gasteiger partial charge is 0.254 e. The third-order valence-corrected chi connectivity index (χ3v) is 5.74. The van der Waals surface area contributed by atoms with Gasteiger partial charge in [-0.2, -0.15) is 0 Å². The topological polar surface area (TPSA) is 48.0 Å². The van der Waals surface area contributed by atoms with Crippen LogP contribution >= 0.6 is 0 Å². The predicted octanol–water partition coefficient (Wildman–Crippen LogP) is 5.83. The van der Waals surface area contributed by atoms with Gasteiger partial charge < -0.3 is 19.1 Å². The summed E-state index contributed by atoms with van der Waals surface area (Å²) in [6, 6.07) is 18.8. The van der Waals surface area contributed by atoms with E-state index in [1.165, 1.54) is 24.3 Å². The number of nitrogens with zero attached hydrogens (tertiary/aromatic N) is 1. The number of carbonyl (C=O) groups is 1. The molecule has 0 aromatic heterocycles. The van der Waals surface area contributed by atoms with Crippen LogP contribution in [0.1, 0.15) is 48.3 Å². The quantitative estimate of drug-likeness (QED) is 0.422. The van der Waals surface area contributed by atoms with Crippen LogP contribution in [-0.2, 0) is 6.42 Å². The highest BCUT2D eigenvalue weighted by Crippen LogP contribution is 2.34. The van der Waals surface area contributed by atoms with Gasteiger partial charge in [0.2, 0.25) is 0 Å². The Morgan fingerprint density at radius 2 is 1.62 bits per heavy atom. The van der Waals surface area contributed by atoms with Crippen LogP contribution in [0.25, 0.3) is 0 Å². The van der Waals surface area contributed by atoms with Crippen molar-refractivity contribution in [1.82, 2.24) is 4.90 Å². The number of rotatable bonds is 8. The fraction of sp³-hybridized carbons (Fsp3) is 0.321. The Kier molecular flexibility index (Phi) is 7.36. The summed E-state index contributed by atoms with van der Waals surface area (Å²) in [4.78, 5) is 15.2. The van der Waals surface area contributed by atoms with Gasteiger partial charge in [-0.05, 0) is 99.0 Å². The maximum atomic E-state index is 13.4. The first-order valence-corrected chi connectivity index (χ1v) is 11.7. The highest BCUT2D eigenvalue weighted by atomic mass is 19.1. The number of halogens is 1. The summed E-state index contributed by atoms with van der Waals surface area (Å²) >= 11 is 0. The first-order valence-electron chi connectivity index (χ1n) is 11.7. The second-order valence-electron chi connectivity index (χ2n) is 8.51. The number of carbonyl (C=O) groups excluding carboxylic acids is 1. The van der Waals surface area contributed by atoms with Crippen molar-refractivity contribution in [2.24, 2.45) is 0 Å². The van der Waals surface area contributed by atoms with Gasteiger partial charge in [-0.25, -0.2) is 4.39 Å². The lowest BCUT2D eigenvalue weighted by Gasteiger charge is -2.37. The van der Waals surface area contributed by atoms with Gasteiger partial charge in [0, 0.05) is 12.1 Å². The molecule has 5 nitrogen and oxygen atoms in total. The van der Waals surface area contributed by atoms with Gasteiger partial charge in [-0.3, -0.25) is 4.79 Å². The number of ether oxygens (including phenoxy) is 3. The summed E-state index contributed by atoms with van der Waals surface area (Å²) in [5.41, 5.74) is 2.63. The van der Waals surface area contributed by atoms with E-state index in [-0.39, 0.29) is 30.5 Å². The number of benzene rings is 3. The molecule has 1 aliphatic heterocycles. The minimum absolute atomic E-state index is 0.0805. The van der Waals surface area contributed by atoms with Crippen molar-refractivity contribution in [3.05, 3.63) is 89.2 Å². The minimum atomic E-state index is -0.367. The highest BCUT2D eigenvalue weighted by Gasteiger charge is 2.32. The molecule has 1 heterocycles. The Morgan fingerprint density at radius 1 is 0.971 bits per heavy atom. The van der Waals surface area contributed by atoms with E-state index < -0.39 is 0 Å². The Labute approximate surface area is 200 Å². The Balaban J connectivity index is 1.60. The summed E-state index contributed by atoms with van der Waals surface area (Å²) in [5.74, 6) is 1.79. The molecule has 6 heteroatoms. The molecule has 3 aromatic carbocycles. The standard InChI is InChI=1S/C28H30FNO4/c1-4-32-23-9-11-24(12-10-23)33-18-27-26-14-13-25(34-19(2)3)17-21(26)15-16-30(27)28(31)20-5-7-22(29)8-6-20/h5-14,17,19,27H,4,15-16,18H2,1-3H3. The largest absolute Gasteiger partial charge is 0.494 e. The second kappa shape index (κ2) is 10.6. The maximum absolute atomic E-state index is 13.4. The lowest BCUT2D eigenvalue weighted by Crippen LogP contribution is -2.42. The van der Waals surface area contributed by atoms with Crippen molar-refractivity contribution in [1.29, 1.82) is 0 Å². The Hall–Kier alpha value is -3.54. The fourth-order valence-corrected chi connectivity index (χ4v) is 4.19. The third kappa shape index (κ3) is 5.50. The summed E-state index contributed by atoms with van der Waals surface area (Å²) < 4.78 is 30.9. The van der Waals surface area contributed by atoms with E-state index in [2.05, 4.69) is 6.07 Å². The van der Waals surface area contributed by atoms with E-state index in [1.807, 2.05) is 62.1 Å². The molecule has 0 aliphatic carbocycles. The summed E-state index contributed by atoms with van der Waals surface area (Å²) in [6.45, 7) is 7.35. The van der Waals surface area contributed by atoms with Crippen LogP contribution in [-0.4, -0.2) is 36.7 Å². The molecule has 1 unspecified atom stereocenters. The van der Waals surface area contributed by atoms with Crippen LogP contribution in [0.5, 0.6) is 17.2 Å². The fourth-order valence-electron chi connectivity index (χ4n) is 4.19. The molecule has 0 radical (unpaired) electrons. The van der Waals surface area contributed by atoms with Crippen molar-refractivity contribution in [2.45, 2.75) is 39.3 Å². The first-order chi connectivity index (χ1) is 16.4. The number of hydrogen-bond acceptors (Lipinski definition) is 4. The molecule has 0 N–H and O–H groups in total. The zero-order valence-corrected chi connectivity index (χ0v) is 19.8. The molecule has 0 saturated carbocycles. The van der Waals surface area contributed by atoms with E-state index in [9.17, 15) is 9.18 Å². The van der Waals surface area contributed by atoms with Gasteiger partial charge in [0.05, 0.1) is 18.8 Å². The molecule has 0 spiro atoms. The van der Waals surface area contributed by atoms with Crippen molar-refractivity contribution < 1.29 is 23.4 Å². The number of hydrogen-bond donors (Lipinski definition) is 0. The molecule has 1 atom stereocenters. The Bertz CT molecular complexity index is 1110. The normalized spacial score (nSPS) is 15.1. The molecular formula is C28H30FNO4. The third-order valence-electron chi connectivity index (χ3n) is 5.74. The van der Waals surface area contributed by atoms with Crippen LogP contribution in [0.2, 0.25) is 0 Å². The van der Waals surface area contributed by atoms with Crippen molar-refractivity contribution in [3.63, 3.8) is 0 Å². The molecule has 34 heavy (non-hydrogen) atoms. The zero-order chi connectivity index (χ0) is 24.1. The molecule has 0 bridgehead atoms. The van der Waals surface area contributed by atoms with Gasteiger partial charge in [0.15, 0.2) is 0 Å². The molecular weight excluding hydrogens is 433 g/mol. The molecule has 178 valence electrons. The molecule has 3 aromatic rings. The maximum Gasteiger partial charge on any atom is 0.254 e. The van der Waals surface area contributed by atoms with E-state index >= 15 is 0 Å². The van der Waals surface area contributed by atoms with E-state index in [0.29, 0.717) is 30.9 Å². The number of amides is 1. The Morgan fingerprint density at radius 3 is 2.26 bits per heavy atom. The van der Waals surface area contributed by atoms with Crippen molar-refractivity contribution in [3.8, 4) is 17.2 Å². The van der Waals surface area contributed by atoms with Gasteiger partial charge in [-0.15, -0.1) is 0 Å². The zero-order valence-electron chi connectivity index (χ0n) is 19.8. The van der Waals surface area contributed by atoms with Crippen LogP contribution < -0.4 is 14.2 Å². The van der Waals surface area contributed by atoms with Gasteiger partial charge in [0.1, 0.15) is 29.7 Å². The average molecular weight is 464 g/mol. The average Bonchev–Trinajstić information content (AvgIpc) is 2.83. The molecule has 1 amide bonds. The second-order valence-corrected chi connectivity index (χ2v) is 8.51. The first kappa shape index (κ1) is 23.6. The summed E-state index contributed by atoms with van der Waals surface area (Å²) in [6.07, 6.45) is 0.786. The minimum Gasteiger partial charge on any atom is -0.494 e. The molecule has 0 saturated heterocycles. The SMILES string of the molecule is CCOc1ccc(OCC2c3ccc(OC(C)C)cc3CCN2C(=O)c2ccc(F)cc2)cc1. The van der Waals surface area contributed by atoms with Gasteiger partial charge in [0.25, 0.3) is 5.91 Å². The van der Waals surface area contributed by atoms with Crippen molar-refractivity contribution in [2.75, 3.05) is 19.8 Å². The summed E-state index contributed by atoms with van der Waals surface area (Å²) in [5, 5.41) is 0. The van der Waals surface area contributed by atoms with Crippen LogP contribution in [0.4, 0.5) is 4.39 Å². The highest BCUT2D eigenvalue weighted by molar-refractivity contribution is 5.94. The van der Waals surface area contributed by atoms with Gasteiger partial charge >= 0.3 is 0 Å².